The summed E-state index contributed by atoms with van der Waals surface area (Å²) in [7, 11) is 0. The maximum Gasteiger partial charge on any atom is 0.124 e. The zero-order chi connectivity index (χ0) is 8.72. The lowest BCUT2D eigenvalue weighted by molar-refractivity contribution is 0.629. The molecule has 0 bridgehead atoms. The highest BCUT2D eigenvalue weighted by Gasteiger charge is 2.04. The summed E-state index contributed by atoms with van der Waals surface area (Å²) < 4.78 is 14.9. The molecule has 0 atom stereocenters. The Morgan fingerprint density at radius 1 is 1.33 bits per heavy atom. The molecule has 0 saturated heterocycles. The van der Waals surface area contributed by atoms with Crippen LogP contribution in [-0.4, -0.2) is 0 Å². The average Bonchev–Trinajstić information content (AvgIpc) is 2.29. The summed E-state index contributed by atoms with van der Waals surface area (Å²) in [5.74, 6) is -0.204. The summed E-state index contributed by atoms with van der Waals surface area (Å²) in [6.45, 7) is 0. The standard InChI is InChI=1S/C8H5FINS/c9-5-1-4-2-7(11)12-8(4)6(10)3-5/h1-3H,11H2. The first-order valence-corrected chi connectivity index (χ1v) is 5.20. The van der Waals surface area contributed by atoms with E-state index in [2.05, 4.69) is 22.6 Å². The van der Waals surface area contributed by atoms with Crippen LogP contribution in [0.1, 0.15) is 0 Å². The van der Waals surface area contributed by atoms with Gasteiger partial charge in [-0.05, 0) is 46.2 Å². The molecule has 0 fully saturated rings. The van der Waals surface area contributed by atoms with Crippen LogP contribution in [-0.2, 0) is 0 Å². The molecule has 62 valence electrons. The molecule has 0 unspecified atom stereocenters. The molecule has 0 radical (unpaired) electrons. The Kier molecular flexibility index (Phi) is 1.96. The molecule has 2 aromatic rings. The number of hydrogen-bond donors (Lipinski definition) is 1. The number of hydrogen-bond acceptors (Lipinski definition) is 2. The SMILES string of the molecule is Nc1cc2cc(F)cc(I)c2s1. The maximum absolute atomic E-state index is 12.9. The molecule has 0 aliphatic rings. The molecule has 12 heavy (non-hydrogen) atoms. The van der Waals surface area contributed by atoms with Gasteiger partial charge in [0.15, 0.2) is 0 Å². The van der Waals surface area contributed by atoms with E-state index in [0.717, 1.165) is 18.7 Å². The van der Waals surface area contributed by atoms with Crippen LogP contribution in [0.25, 0.3) is 10.1 Å². The minimum absolute atomic E-state index is 0.204. The number of rotatable bonds is 0. The van der Waals surface area contributed by atoms with Crippen molar-refractivity contribution >= 4 is 49.0 Å². The van der Waals surface area contributed by atoms with Gasteiger partial charge in [0.1, 0.15) is 5.82 Å². The molecule has 1 nitrogen and oxygen atoms in total. The molecule has 0 spiro atoms. The summed E-state index contributed by atoms with van der Waals surface area (Å²) in [5, 5.41) is 1.62. The molecule has 1 aromatic heterocycles. The van der Waals surface area contributed by atoms with E-state index in [0.29, 0.717) is 0 Å². The van der Waals surface area contributed by atoms with Crippen LogP contribution in [0.2, 0.25) is 0 Å². The number of fused-ring (bicyclic) bond motifs is 1. The van der Waals surface area contributed by atoms with Crippen molar-refractivity contribution in [1.29, 1.82) is 0 Å². The van der Waals surface area contributed by atoms with Crippen molar-refractivity contribution in [2.24, 2.45) is 0 Å². The van der Waals surface area contributed by atoms with Crippen LogP contribution in [0.3, 0.4) is 0 Å². The van der Waals surface area contributed by atoms with E-state index in [9.17, 15) is 4.39 Å². The van der Waals surface area contributed by atoms with Gasteiger partial charge >= 0.3 is 0 Å². The minimum atomic E-state index is -0.204. The average molecular weight is 293 g/mol. The molecule has 1 heterocycles. The van der Waals surface area contributed by atoms with Gasteiger partial charge in [-0.15, -0.1) is 11.3 Å². The highest BCUT2D eigenvalue weighted by molar-refractivity contribution is 14.1. The fourth-order valence-electron chi connectivity index (χ4n) is 1.10. The molecule has 0 amide bonds. The van der Waals surface area contributed by atoms with Gasteiger partial charge in [-0.25, -0.2) is 4.39 Å². The first-order valence-electron chi connectivity index (χ1n) is 3.31. The topological polar surface area (TPSA) is 26.0 Å². The summed E-state index contributed by atoms with van der Waals surface area (Å²) in [4.78, 5) is 0. The van der Waals surface area contributed by atoms with E-state index in [-0.39, 0.29) is 5.82 Å². The summed E-state index contributed by atoms with van der Waals surface area (Å²) >= 11 is 3.60. The smallest absolute Gasteiger partial charge is 0.124 e. The third kappa shape index (κ3) is 1.29. The Morgan fingerprint density at radius 3 is 2.83 bits per heavy atom. The van der Waals surface area contributed by atoms with E-state index < -0.39 is 0 Å². The van der Waals surface area contributed by atoms with Gasteiger partial charge in [0.25, 0.3) is 0 Å². The summed E-state index contributed by atoms with van der Waals surface area (Å²) in [6.07, 6.45) is 0. The Morgan fingerprint density at radius 2 is 2.08 bits per heavy atom. The molecule has 4 heteroatoms. The molecule has 1 aromatic carbocycles. The molecular formula is C8H5FINS. The zero-order valence-corrected chi connectivity index (χ0v) is 8.95. The lowest BCUT2D eigenvalue weighted by Gasteiger charge is -1.92. The summed E-state index contributed by atoms with van der Waals surface area (Å²) in [5.41, 5.74) is 5.60. The van der Waals surface area contributed by atoms with Crippen molar-refractivity contribution in [3.8, 4) is 0 Å². The first-order chi connectivity index (χ1) is 5.66. The van der Waals surface area contributed by atoms with Crippen LogP contribution >= 0.6 is 33.9 Å². The third-order valence-corrected chi connectivity index (χ3v) is 3.78. The summed E-state index contributed by atoms with van der Waals surface area (Å²) in [6, 6.07) is 4.81. The van der Waals surface area contributed by atoms with Gasteiger partial charge in [-0.3, -0.25) is 0 Å². The molecule has 0 aliphatic carbocycles. The monoisotopic (exact) mass is 293 g/mol. The van der Waals surface area contributed by atoms with Gasteiger partial charge in [-0.1, -0.05) is 0 Å². The van der Waals surface area contributed by atoms with Gasteiger partial charge in [0.05, 0.1) is 5.00 Å². The Bertz CT molecular complexity index is 438. The molecule has 0 aliphatic heterocycles. The second-order valence-corrected chi connectivity index (χ2v) is 4.70. The van der Waals surface area contributed by atoms with E-state index in [1.165, 1.54) is 23.5 Å². The normalized spacial score (nSPS) is 10.8. The van der Waals surface area contributed by atoms with Crippen LogP contribution in [0.15, 0.2) is 18.2 Å². The lowest BCUT2D eigenvalue weighted by atomic mass is 10.2. The van der Waals surface area contributed by atoms with E-state index >= 15 is 0 Å². The van der Waals surface area contributed by atoms with Gasteiger partial charge in [0, 0.05) is 8.27 Å². The molecule has 2 N–H and O–H groups in total. The van der Waals surface area contributed by atoms with E-state index in [4.69, 9.17) is 5.73 Å². The van der Waals surface area contributed by atoms with E-state index in [1.54, 1.807) is 6.07 Å². The van der Waals surface area contributed by atoms with Crippen molar-refractivity contribution < 1.29 is 4.39 Å². The highest BCUT2D eigenvalue weighted by atomic mass is 127. The van der Waals surface area contributed by atoms with Crippen LogP contribution in [0.5, 0.6) is 0 Å². The largest absolute Gasteiger partial charge is 0.391 e. The predicted molar refractivity (Wildman–Crippen MR) is 58.9 cm³/mol. The van der Waals surface area contributed by atoms with E-state index in [1.807, 2.05) is 0 Å². The second-order valence-electron chi connectivity index (χ2n) is 2.45. The van der Waals surface area contributed by atoms with Gasteiger partial charge < -0.3 is 5.73 Å². The van der Waals surface area contributed by atoms with Crippen molar-refractivity contribution in [3.63, 3.8) is 0 Å². The van der Waals surface area contributed by atoms with Crippen LogP contribution in [0, 0.1) is 9.39 Å². The third-order valence-electron chi connectivity index (χ3n) is 1.55. The van der Waals surface area contributed by atoms with Crippen molar-refractivity contribution in [1.82, 2.24) is 0 Å². The lowest BCUT2D eigenvalue weighted by Crippen LogP contribution is -1.75. The number of benzene rings is 1. The quantitative estimate of drug-likeness (QED) is 0.741. The first kappa shape index (κ1) is 8.25. The fraction of sp³-hybridized carbons (Fsp3) is 0. The second kappa shape index (κ2) is 2.85. The Labute approximate surface area is 86.5 Å². The molecule has 0 saturated carbocycles. The van der Waals surface area contributed by atoms with Crippen LogP contribution in [0.4, 0.5) is 9.39 Å². The van der Waals surface area contributed by atoms with Crippen molar-refractivity contribution in [3.05, 3.63) is 27.6 Å². The Hall–Kier alpha value is -0.360. The number of nitrogen functional groups attached to an aromatic ring is 1. The van der Waals surface area contributed by atoms with Gasteiger partial charge in [-0.2, -0.15) is 0 Å². The minimum Gasteiger partial charge on any atom is -0.391 e. The van der Waals surface area contributed by atoms with Crippen molar-refractivity contribution in [2.45, 2.75) is 0 Å². The number of anilines is 1. The number of halogens is 2. The highest BCUT2D eigenvalue weighted by Crippen LogP contribution is 2.31. The predicted octanol–water partition coefficient (Wildman–Crippen LogP) is 3.23. The fourth-order valence-corrected chi connectivity index (χ4v) is 2.85. The Balaban J connectivity index is 2.88. The number of thiophene rings is 1. The molecular weight excluding hydrogens is 288 g/mol. The number of nitrogens with two attached hydrogens (primary N) is 1. The zero-order valence-electron chi connectivity index (χ0n) is 5.97. The van der Waals surface area contributed by atoms with Crippen LogP contribution < -0.4 is 5.73 Å². The van der Waals surface area contributed by atoms with Gasteiger partial charge in [0.2, 0.25) is 0 Å². The van der Waals surface area contributed by atoms with Crippen molar-refractivity contribution in [2.75, 3.05) is 5.73 Å². The molecule has 2 rings (SSSR count). The maximum atomic E-state index is 12.9.